The number of ether oxygens (including phenoxy) is 3. The van der Waals surface area contributed by atoms with Crippen molar-refractivity contribution in [2.45, 2.75) is 20.3 Å². The first-order valence-corrected chi connectivity index (χ1v) is 8.56. The van der Waals surface area contributed by atoms with E-state index in [0.717, 1.165) is 12.0 Å². The second-order valence-corrected chi connectivity index (χ2v) is 5.79. The lowest BCUT2D eigenvalue weighted by Gasteiger charge is -2.06. The van der Waals surface area contributed by atoms with Crippen LogP contribution in [0.5, 0.6) is 11.5 Å². The van der Waals surface area contributed by atoms with Gasteiger partial charge in [0.2, 0.25) is 5.78 Å². The highest BCUT2D eigenvalue weighted by atomic mass is 16.6. The number of ketones is 1. The van der Waals surface area contributed by atoms with Crippen LogP contribution in [0.1, 0.15) is 35.3 Å². The summed E-state index contributed by atoms with van der Waals surface area (Å²) in [5, 5.41) is 0. The Balaban J connectivity index is 1.73. The molecule has 0 saturated heterocycles. The Bertz CT molecular complexity index is 849. The summed E-state index contributed by atoms with van der Waals surface area (Å²) in [6.07, 6.45) is 2.69. The zero-order valence-corrected chi connectivity index (χ0v) is 14.8. The smallest absolute Gasteiger partial charge is 0.344 e. The Morgan fingerprint density at radius 2 is 1.88 bits per heavy atom. The van der Waals surface area contributed by atoms with Crippen molar-refractivity contribution >= 4 is 17.8 Å². The van der Waals surface area contributed by atoms with E-state index in [0.29, 0.717) is 23.7 Å². The number of benzene rings is 2. The van der Waals surface area contributed by atoms with E-state index in [1.165, 1.54) is 5.56 Å². The molecule has 5 nitrogen and oxygen atoms in total. The minimum absolute atomic E-state index is 0.170. The van der Waals surface area contributed by atoms with Crippen LogP contribution in [0.4, 0.5) is 0 Å². The van der Waals surface area contributed by atoms with Gasteiger partial charge in [-0.3, -0.25) is 4.79 Å². The molecule has 0 radical (unpaired) electrons. The molecule has 0 aliphatic carbocycles. The molecular weight excluding hydrogens is 332 g/mol. The molecule has 2 aromatic rings. The molecule has 5 heteroatoms. The van der Waals surface area contributed by atoms with Crippen LogP contribution in [-0.2, 0) is 16.0 Å². The lowest BCUT2D eigenvalue weighted by Crippen LogP contribution is -2.14. The molecule has 1 heterocycles. The summed E-state index contributed by atoms with van der Waals surface area (Å²) < 4.78 is 15.9. The summed E-state index contributed by atoms with van der Waals surface area (Å²) in [4.78, 5) is 23.8. The number of carbonyl (C=O) groups excluding carboxylic acids is 2. The zero-order chi connectivity index (χ0) is 18.5. The molecule has 0 aromatic heterocycles. The Hall–Kier alpha value is -3.08. The standard InChI is InChI=1S/C21H20O5/c1-3-14-5-7-15(8-6-14)11-19-21(23)17-10-9-16(12-18(17)26-19)25-13-20(22)24-4-2/h5-12H,3-4,13H2,1-2H3. The molecule has 0 bridgehead atoms. The van der Waals surface area contributed by atoms with E-state index in [4.69, 9.17) is 14.2 Å². The number of carbonyl (C=O) groups is 2. The minimum atomic E-state index is -0.443. The van der Waals surface area contributed by atoms with Crippen molar-refractivity contribution in [1.82, 2.24) is 0 Å². The largest absolute Gasteiger partial charge is 0.482 e. The SMILES string of the molecule is CCOC(=O)COc1ccc2c(c1)OC(=Cc1ccc(CC)cc1)C2=O. The Morgan fingerprint density at radius 1 is 1.12 bits per heavy atom. The number of esters is 1. The lowest BCUT2D eigenvalue weighted by atomic mass is 10.1. The van der Waals surface area contributed by atoms with E-state index >= 15 is 0 Å². The van der Waals surface area contributed by atoms with Gasteiger partial charge in [0.15, 0.2) is 12.4 Å². The third-order valence-electron chi connectivity index (χ3n) is 3.99. The molecule has 0 fully saturated rings. The van der Waals surface area contributed by atoms with Crippen LogP contribution in [0.15, 0.2) is 48.2 Å². The summed E-state index contributed by atoms with van der Waals surface area (Å²) >= 11 is 0. The summed E-state index contributed by atoms with van der Waals surface area (Å²) in [5.74, 6) is 0.523. The highest BCUT2D eigenvalue weighted by Gasteiger charge is 2.27. The van der Waals surface area contributed by atoms with Crippen LogP contribution in [0.3, 0.4) is 0 Å². The summed E-state index contributed by atoms with van der Waals surface area (Å²) in [5.41, 5.74) is 2.61. The van der Waals surface area contributed by atoms with Crippen LogP contribution < -0.4 is 9.47 Å². The number of hydrogen-bond donors (Lipinski definition) is 0. The molecule has 2 aromatic carbocycles. The molecule has 26 heavy (non-hydrogen) atoms. The van der Waals surface area contributed by atoms with E-state index in [1.807, 2.05) is 24.3 Å². The van der Waals surface area contributed by atoms with Crippen LogP contribution in [0.2, 0.25) is 0 Å². The normalized spacial score (nSPS) is 14.1. The fourth-order valence-electron chi connectivity index (χ4n) is 2.60. The molecule has 0 atom stereocenters. The van der Waals surface area contributed by atoms with Gasteiger partial charge in [-0.1, -0.05) is 31.2 Å². The van der Waals surface area contributed by atoms with Crippen molar-refractivity contribution in [2.24, 2.45) is 0 Å². The molecule has 1 aliphatic heterocycles. The van der Waals surface area contributed by atoms with E-state index in [1.54, 1.807) is 31.2 Å². The first-order chi connectivity index (χ1) is 12.6. The van der Waals surface area contributed by atoms with Crippen LogP contribution in [-0.4, -0.2) is 25.0 Å². The van der Waals surface area contributed by atoms with Crippen molar-refractivity contribution in [1.29, 1.82) is 0 Å². The Labute approximate surface area is 152 Å². The molecule has 0 spiro atoms. The fraction of sp³-hybridized carbons (Fsp3) is 0.238. The Morgan fingerprint density at radius 3 is 2.58 bits per heavy atom. The third kappa shape index (κ3) is 3.94. The van der Waals surface area contributed by atoms with Gasteiger partial charge < -0.3 is 14.2 Å². The maximum Gasteiger partial charge on any atom is 0.344 e. The second-order valence-electron chi connectivity index (χ2n) is 5.79. The highest BCUT2D eigenvalue weighted by molar-refractivity contribution is 6.14. The van der Waals surface area contributed by atoms with Crippen LogP contribution in [0.25, 0.3) is 6.08 Å². The summed E-state index contributed by atoms with van der Waals surface area (Å²) in [7, 11) is 0. The van der Waals surface area contributed by atoms with Crippen LogP contribution in [0, 0.1) is 0 Å². The fourth-order valence-corrected chi connectivity index (χ4v) is 2.60. The number of fused-ring (bicyclic) bond motifs is 1. The number of allylic oxidation sites excluding steroid dienone is 1. The van der Waals surface area contributed by atoms with E-state index in [9.17, 15) is 9.59 Å². The molecule has 0 unspecified atom stereocenters. The van der Waals surface area contributed by atoms with Crippen molar-refractivity contribution < 1.29 is 23.8 Å². The van der Waals surface area contributed by atoms with Gasteiger partial charge in [-0.05, 0) is 42.7 Å². The minimum Gasteiger partial charge on any atom is -0.482 e. The molecular formula is C21H20O5. The monoisotopic (exact) mass is 352 g/mol. The average molecular weight is 352 g/mol. The van der Waals surface area contributed by atoms with Gasteiger partial charge in [0.1, 0.15) is 11.5 Å². The van der Waals surface area contributed by atoms with Gasteiger partial charge in [-0.2, -0.15) is 0 Å². The van der Waals surface area contributed by atoms with Crippen molar-refractivity contribution in [3.63, 3.8) is 0 Å². The van der Waals surface area contributed by atoms with Gasteiger partial charge in [0, 0.05) is 6.07 Å². The van der Waals surface area contributed by atoms with Crippen molar-refractivity contribution in [2.75, 3.05) is 13.2 Å². The van der Waals surface area contributed by atoms with Gasteiger partial charge in [0.25, 0.3) is 0 Å². The van der Waals surface area contributed by atoms with E-state index < -0.39 is 5.97 Å². The van der Waals surface area contributed by atoms with Gasteiger partial charge in [-0.15, -0.1) is 0 Å². The van der Waals surface area contributed by atoms with E-state index in [2.05, 4.69) is 6.92 Å². The quantitative estimate of drug-likeness (QED) is 0.584. The average Bonchev–Trinajstić information content (AvgIpc) is 2.96. The highest BCUT2D eigenvalue weighted by Crippen LogP contribution is 2.34. The van der Waals surface area contributed by atoms with Crippen molar-refractivity contribution in [3.8, 4) is 11.5 Å². The predicted octanol–water partition coefficient (Wildman–Crippen LogP) is 3.81. The van der Waals surface area contributed by atoms with Crippen molar-refractivity contribution in [3.05, 3.63) is 64.9 Å². The summed E-state index contributed by atoms with van der Waals surface area (Å²) in [6, 6.07) is 12.9. The number of hydrogen-bond acceptors (Lipinski definition) is 5. The lowest BCUT2D eigenvalue weighted by molar-refractivity contribution is -0.145. The molecule has 0 N–H and O–H groups in total. The zero-order valence-electron chi connectivity index (χ0n) is 14.8. The third-order valence-corrected chi connectivity index (χ3v) is 3.99. The molecule has 0 saturated carbocycles. The van der Waals surface area contributed by atoms with E-state index in [-0.39, 0.29) is 18.1 Å². The van der Waals surface area contributed by atoms with Crippen LogP contribution >= 0.6 is 0 Å². The molecule has 1 aliphatic rings. The number of aryl methyl sites for hydroxylation is 1. The molecule has 3 rings (SSSR count). The Kier molecular flexibility index (Phi) is 5.37. The first kappa shape index (κ1) is 17.7. The van der Waals surface area contributed by atoms with Gasteiger partial charge >= 0.3 is 5.97 Å². The maximum absolute atomic E-state index is 12.5. The molecule has 134 valence electrons. The maximum atomic E-state index is 12.5. The van der Waals surface area contributed by atoms with Gasteiger partial charge in [0.05, 0.1) is 12.2 Å². The second kappa shape index (κ2) is 7.87. The number of rotatable bonds is 6. The first-order valence-electron chi connectivity index (χ1n) is 8.56. The molecule has 0 amide bonds. The summed E-state index contributed by atoms with van der Waals surface area (Å²) in [6.45, 7) is 3.94. The number of Topliss-reactive ketones (excluding diaryl/α,β-unsaturated/α-hetero) is 1. The topological polar surface area (TPSA) is 61.8 Å². The predicted molar refractivity (Wildman–Crippen MR) is 97.3 cm³/mol. The van der Waals surface area contributed by atoms with Gasteiger partial charge in [-0.25, -0.2) is 4.79 Å².